The van der Waals surface area contributed by atoms with Crippen LogP contribution in [0.3, 0.4) is 0 Å². The molecule has 2 aliphatic heterocycles. The van der Waals surface area contributed by atoms with Crippen molar-refractivity contribution in [1.82, 2.24) is 4.90 Å². The molecule has 2 amide bonds. The third-order valence-electron chi connectivity index (χ3n) is 4.92. The van der Waals surface area contributed by atoms with Crippen molar-refractivity contribution in [1.29, 1.82) is 0 Å². The lowest BCUT2D eigenvalue weighted by Crippen LogP contribution is -2.33. The highest BCUT2D eigenvalue weighted by Gasteiger charge is 2.30. The zero-order chi connectivity index (χ0) is 20.5. The van der Waals surface area contributed by atoms with Gasteiger partial charge in [-0.05, 0) is 30.2 Å². The van der Waals surface area contributed by atoms with Crippen LogP contribution in [0.15, 0.2) is 18.2 Å². The first kappa shape index (κ1) is 19.3. The van der Waals surface area contributed by atoms with Gasteiger partial charge in [-0.25, -0.2) is 4.79 Å². The molecule has 2 aromatic rings. The second-order valence-corrected chi connectivity index (χ2v) is 7.81. The third kappa shape index (κ3) is 3.65. The molecule has 0 aliphatic carbocycles. The fourth-order valence-electron chi connectivity index (χ4n) is 3.44. The number of benzene rings is 1. The van der Waals surface area contributed by atoms with Crippen LogP contribution in [0.1, 0.15) is 38.1 Å². The van der Waals surface area contributed by atoms with Gasteiger partial charge in [-0.15, -0.1) is 11.3 Å². The predicted octanol–water partition coefficient (Wildman–Crippen LogP) is 2.46. The van der Waals surface area contributed by atoms with Crippen LogP contribution >= 0.6 is 11.3 Å². The number of hydrogen-bond acceptors (Lipinski definition) is 7. The Labute approximate surface area is 171 Å². The molecule has 1 N–H and O–H groups in total. The number of rotatable bonds is 3. The zero-order valence-corrected chi connectivity index (χ0v) is 16.9. The first-order valence-corrected chi connectivity index (χ1v) is 9.99. The van der Waals surface area contributed by atoms with Gasteiger partial charge < -0.3 is 24.4 Å². The highest BCUT2D eigenvalue weighted by atomic mass is 32.1. The van der Waals surface area contributed by atoms with Gasteiger partial charge in [0, 0.05) is 23.9 Å². The summed E-state index contributed by atoms with van der Waals surface area (Å²) in [5.74, 6) is 0.217. The number of fused-ring (bicyclic) bond motifs is 2. The van der Waals surface area contributed by atoms with Crippen molar-refractivity contribution < 1.29 is 28.6 Å². The first-order chi connectivity index (χ1) is 14.0. The minimum absolute atomic E-state index is 0.0227. The van der Waals surface area contributed by atoms with E-state index in [0.29, 0.717) is 60.4 Å². The Morgan fingerprint density at radius 1 is 1.17 bits per heavy atom. The lowest BCUT2D eigenvalue weighted by Gasteiger charge is -2.25. The number of carbonyl (C=O) groups excluding carboxylic acids is 3. The van der Waals surface area contributed by atoms with Crippen LogP contribution in [0.4, 0.5) is 5.00 Å². The van der Waals surface area contributed by atoms with Crippen LogP contribution in [-0.2, 0) is 22.5 Å². The molecule has 9 heteroatoms. The van der Waals surface area contributed by atoms with Gasteiger partial charge >= 0.3 is 5.97 Å². The van der Waals surface area contributed by atoms with Crippen molar-refractivity contribution in [2.24, 2.45) is 0 Å². The molecule has 0 unspecified atom stereocenters. The molecule has 0 radical (unpaired) electrons. The van der Waals surface area contributed by atoms with E-state index < -0.39 is 5.97 Å². The molecule has 1 aromatic carbocycles. The summed E-state index contributed by atoms with van der Waals surface area (Å²) in [6.45, 7) is 3.36. The molecule has 0 saturated heterocycles. The highest BCUT2D eigenvalue weighted by molar-refractivity contribution is 7.17. The van der Waals surface area contributed by atoms with Crippen molar-refractivity contribution >= 4 is 34.1 Å². The SMILES string of the molecule is COC(=O)c1c(NC(=O)c2ccc3c(c2)OCCO3)sc2c1CCN(C(C)=O)C2. The Bertz CT molecular complexity index is 999. The molecular formula is C20H20N2O6S. The molecule has 0 saturated carbocycles. The van der Waals surface area contributed by atoms with Gasteiger partial charge in [0.05, 0.1) is 19.2 Å². The molecule has 0 atom stereocenters. The monoisotopic (exact) mass is 416 g/mol. The Morgan fingerprint density at radius 2 is 1.93 bits per heavy atom. The average Bonchev–Trinajstić information content (AvgIpc) is 3.09. The van der Waals surface area contributed by atoms with Crippen LogP contribution < -0.4 is 14.8 Å². The maximum atomic E-state index is 12.8. The molecule has 2 aliphatic rings. The number of methoxy groups -OCH3 is 1. The van der Waals surface area contributed by atoms with Crippen molar-refractivity contribution in [3.05, 3.63) is 39.8 Å². The second kappa shape index (κ2) is 7.75. The van der Waals surface area contributed by atoms with Crippen LogP contribution in [0.25, 0.3) is 0 Å². The smallest absolute Gasteiger partial charge is 0.341 e. The summed E-state index contributed by atoms with van der Waals surface area (Å²) < 4.78 is 15.9. The quantitative estimate of drug-likeness (QED) is 0.773. The normalized spacial score (nSPS) is 14.8. The molecule has 0 spiro atoms. The van der Waals surface area contributed by atoms with Gasteiger partial charge in [-0.1, -0.05) is 0 Å². The molecular weight excluding hydrogens is 396 g/mol. The van der Waals surface area contributed by atoms with Gasteiger partial charge in [-0.3, -0.25) is 9.59 Å². The van der Waals surface area contributed by atoms with E-state index in [2.05, 4.69) is 5.32 Å². The van der Waals surface area contributed by atoms with Crippen LogP contribution in [0, 0.1) is 0 Å². The lowest BCUT2D eigenvalue weighted by atomic mass is 10.0. The average molecular weight is 416 g/mol. The zero-order valence-electron chi connectivity index (χ0n) is 16.1. The van der Waals surface area contributed by atoms with E-state index in [1.54, 1.807) is 23.1 Å². The third-order valence-corrected chi connectivity index (χ3v) is 6.06. The van der Waals surface area contributed by atoms with E-state index in [9.17, 15) is 14.4 Å². The standard InChI is InChI=1S/C20H20N2O6S/c1-11(23)22-6-5-13-16(10-22)29-19(17(13)20(25)26-2)21-18(24)12-3-4-14-15(9-12)28-8-7-27-14/h3-4,9H,5-8,10H2,1-2H3,(H,21,24). The minimum atomic E-state index is -0.503. The van der Waals surface area contributed by atoms with Crippen LogP contribution in [-0.4, -0.2) is 49.6 Å². The summed E-state index contributed by atoms with van der Waals surface area (Å²) >= 11 is 1.30. The number of nitrogens with zero attached hydrogens (tertiary/aromatic N) is 1. The largest absolute Gasteiger partial charge is 0.486 e. The summed E-state index contributed by atoms with van der Waals surface area (Å²) in [4.78, 5) is 39.6. The van der Waals surface area contributed by atoms with E-state index in [-0.39, 0.29) is 11.8 Å². The van der Waals surface area contributed by atoms with E-state index in [4.69, 9.17) is 14.2 Å². The number of ether oxygens (including phenoxy) is 3. The summed E-state index contributed by atoms with van der Waals surface area (Å²) in [6, 6.07) is 4.95. The molecule has 8 nitrogen and oxygen atoms in total. The summed E-state index contributed by atoms with van der Waals surface area (Å²) in [6.07, 6.45) is 0.537. The maximum absolute atomic E-state index is 12.8. The Morgan fingerprint density at radius 3 is 2.66 bits per heavy atom. The summed E-state index contributed by atoms with van der Waals surface area (Å²) in [7, 11) is 1.31. The molecule has 3 heterocycles. The van der Waals surface area contributed by atoms with E-state index in [0.717, 1.165) is 10.4 Å². The molecule has 152 valence electrons. The van der Waals surface area contributed by atoms with Gasteiger partial charge in [-0.2, -0.15) is 0 Å². The summed E-state index contributed by atoms with van der Waals surface area (Å²) in [5, 5.41) is 3.25. The number of anilines is 1. The van der Waals surface area contributed by atoms with Crippen molar-refractivity contribution in [2.75, 3.05) is 32.2 Å². The van der Waals surface area contributed by atoms with E-state index >= 15 is 0 Å². The molecule has 1 aromatic heterocycles. The lowest BCUT2D eigenvalue weighted by molar-refractivity contribution is -0.129. The molecule has 4 rings (SSSR count). The number of thiophene rings is 1. The fraction of sp³-hybridized carbons (Fsp3) is 0.350. The topological polar surface area (TPSA) is 94.2 Å². The van der Waals surface area contributed by atoms with Crippen molar-refractivity contribution in [3.8, 4) is 11.5 Å². The molecule has 29 heavy (non-hydrogen) atoms. The second-order valence-electron chi connectivity index (χ2n) is 6.70. The number of esters is 1. The van der Waals surface area contributed by atoms with Gasteiger partial charge in [0.25, 0.3) is 5.91 Å². The minimum Gasteiger partial charge on any atom is -0.486 e. The first-order valence-electron chi connectivity index (χ1n) is 9.17. The molecule has 0 bridgehead atoms. The van der Waals surface area contributed by atoms with E-state index in [1.165, 1.54) is 25.4 Å². The van der Waals surface area contributed by atoms with Gasteiger partial charge in [0.1, 0.15) is 18.2 Å². The summed E-state index contributed by atoms with van der Waals surface area (Å²) in [5.41, 5.74) is 1.58. The highest BCUT2D eigenvalue weighted by Crippen LogP contribution is 2.38. The van der Waals surface area contributed by atoms with Crippen molar-refractivity contribution in [3.63, 3.8) is 0 Å². The number of carbonyl (C=O) groups is 3. The van der Waals surface area contributed by atoms with Crippen LogP contribution in [0.2, 0.25) is 0 Å². The Kier molecular flexibility index (Phi) is 5.14. The predicted molar refractivity (Wildman–Crippen MR) is 106 cm³/mol. The van der Waals surface area contributed by atoms with E-state index in [1.807, 2.05) is 0 Å². The Hall–Kier alpha value is -3.07. The van der Waals surface area contributed by atoms with Crippen LogP contribution in [0.5, 0.6) is 11.5 Å². The Balaban J connectivity index is 1.63. The maximum Gasteiger partial charge on any atom is 0.341 e. The number of hydrogen-bond donors (Lipinski definition) is 1. The van der Waals surface area contributed by atoms with Crippen molar-refractivity contribution in [2.45, 2.75) is 19.9 Å². The van der Waals surface area contributed by atoms with Gasteiger partial charge in [0.15, 0.2) is 11.5 Å². The number of amides is 2. The van der Waals surface area contributed by atoms with Gasteiger partial charge in [0.2, 0.25) is 5.91 Å². The fourth-order valence-corrected chi connectivity index (χ4v) is 4.68. The molecule has 0 fully saturated rings. The number of nitrogens with one attached hydrogen (secondary N) is 1.